The third-order valence-corrected chi connectivity index (χ3v) is 3.63. The van der Waals surface area contributed by atoms with Crippen LogP contribution >= 0.6 is 0 Å². The van der Waals surface area contributed by atoms with Crippen LogP contribution in [0.1, 0.15) is 41.1 Å². The molecule has 2 atom stereocenters. The average Bonchev–Trinajstić information content (AvgIpc) is 3.19. The first-order chi connectivity index (χ1) is 7.86. The number of carbonyl (C=O) groups is 1. The Morgan fingerprint density at radius 2 is 2.25 bits per heavy atom. The van der Waals surface area contributed by atoms with E-state index in [-0.39, 0.29) is 0 Å². The van der Waals surface area contributed by atoms with Crippen molar-refractivity contribution < 1.29 is 4.79 Å². The zero-order valence-corrected chi connectivity index (χ0v) is 9.36. The van der Waals surface area contributed by atoms with Gasteiger partial charge in [-0.05, 0) is 43.4 Å². The Labute approximate surface area is 96.1 Å². The molecule has 2 saturated carbocycles. The molecule has 0 saturated heterocycles. The molecule has 0 bridgehead atoms. The quantitative estimate of drug-likeness (QED) is 0.764. The van der Waals surface area contributed by atoms with Crippen LogP contribution < -0.4 is 5.32 Å². The molecule has 2 heteroatoms. The van der Waals surface area contributed by atoms with Crippen molar-refractivity contribution >= 4 is 6.29 Å². The van der Waals surface area contributed by atoms with Crippen LogP contribution in [0.15, 0.2) is 24.3 Å². The highest BCUT2D eigenvalue weighted by atomic mass is 16.1. The Morgan fingerprint density at radius 1 is 1.38 bits per heavy atom. The highest BCUT2D eigenvalue weighted by Crippen LogP contribution is 2.41. The fourth-order valence-electron chi connectivity index (χ4n) is 2.29. The molecule has 0 aromatic heterocycles. The van der Waals surface area contributed by atoms with Gasteiger partial charge in [0.15, 0.2) is 0 Å². The van der Waals surface area contributed by atoms with E-state index < -0.39 is 0 Å². The fourth-order valence-corrected chi connectivity index (χ4v) is 2.29. The maximum absolute atomic E-state index is 10.7. The van der Waals surface area contributed by atoms with Gasteiger partial charge in [0, 0.05) is 17.5 Å². The number of rotatable bonds is 5. The van der Waals surface area contributed by atoms with E-state index in [2.05, 4.69) is 11.4 Å². The molecule has 0 amide bonds. The van der Waals surface area contributed by atoms with E-state index in [0.717, 1.165) is 17.8 Å². The molecule has 0 spiro atoms. The first kappa shape index (κ1) is 10.0. The second-order valence-corrected chi connectivity index (χ2v) is 5.09. The largest absolute Gasteiger partial charge is 0.313 e. The van der Waals surface area contributed by atoms with E-state index in [1.807, 2.05) is 18.2 Å². The second-order valence-electron chi connectivity index (χ2n) is 5.09. The van der Waals surface area contributed by atoms with Gasteiger partial charge in [-0.1, -0.05) is 18.2 Å². The average molecular weight is 215 g/mol. The van der Waals surface area contributed by atoms with Crippen LogP contribution in [0.5, 0.6) is 0 Å². The third kappa shape index (κ3) is 2.17. The number of hydrogen-bond donors (Lipinski definition) is 1. The summed E-state index contributed by atoms with van der Waals surface area (Å²) in [6.07, 6.45) is 4.98. The van der Waals surface area contributed by atoms with Gasteiger partial charge in [0.05, 0.1) is 0 Å². The second kappa shape index (κ2) is 4.02. The van der Waals surface area contributed by atoms with Gasteiger partial charge in [-0.15, -0.1) is 0 Å². The standard InChI is InChI=1S/C14H17NO/c16-9-11-2-1-3-12(6-11)13-7-14(13)15-8-10-4-5-10/h1-3,6,9-10,13-15H,4-5,7-8H2/t13-,14?/m1/s1. The number of carbonyl (C=O) groups excluding carboxylic acids is 1. The van der Waals surface area contributed by atoms with Crippen molar-refractivity contribution in [1.82, 2.24) is 5.32 Å². The molecule has 3 rings (SSSR count). The normalized spacial score (nSPS) is 27.8. The SMILES string of the molecule is O=Cc1cccc([C@H]2CC2NCC2CC2)c1. The minimum Gasteiger partial charge on any atom is -0.313 e. The Bertz CT molecular complexity index is 397. The Hall–Kier alpha value is -1.15. The molecule has 2 nitrogen and oxygen atoms in total. The van der Waals surface area contributed by atoms with Gasteiger partial charge in [0.2, 0.25) is 0 Å². The van der Waals surface area contributed by atoms with Crippen LogP contribution in [0.2, 0.25) is 0 Å². The van der Waals surface area contributed by atoms with Crippen LogP contribution in [0.25, 0.3) is 0 Å². The summed E-state index contributed by atoms with van der Waals surface area (Å²) in [5, 5.41) is 3.62. The zero-order valence-electron chi connectivity index (χ0n) is 9.36. The molecular weight excluding hydrogens is 198 g/mol. The summed E-state index contributed by atoms with van der Waals surface area (Å²) in [6.45, 7) is 1.19. The minimum atomic E-state index is 0.638. The minimum absolute atomic E-state index is 0.638. The summed E-state index contributed by atoms with van der Waals surface area (Å²) >= 11 is 0. The molecule has 0 heterocycles. The van der Waals surface area contributed by atoms with E-state index >= 15 is 0 Å². The van der Waals surface area contributed by atoms with Crippen molar-refractivity contribution in [1.29, 1.82) is 0 Å². The zero-order chi connectivity index (χ0) is 11.0. The lowest BCUT2D eigenvalue weighted by Gasteiger charge is -2.03. The summed E-state index contributed by atoms with van der Waals surface area (Å²) in [4.78, 5) is 10.7. The molecule has 2 aliphatic rings. The molecule has 2 aliphatic carbocycles. The first-order valence-corrected chi connectivity index (χ1v) is 6.15. The van der Waals surface area contributed by atoms with Crippen molar-refractivity contribution in [2.24, 2.45) is 5.92 Å². The van der Waals surface area contributed by atoms with E-state index in [1.54, 1.807) is 0 Å². The van der Waals surface area contributed by atoms with Crippen LogP contribution in [0.4, 0.5) is 0 Å². The molecule has 0 radical (unpaired) electrons. The van der Waals surface area contributed by atoms with Gasteiger partial charge in [0.1, 0.15) is 6.29 Å². The molecule has 2 fully saturated rings. The van der Waals surface area contributed by atoms with Crippen LogP contribution in [0.3, 0.4) is 0 Å². The van der Waals surface area contributed by atoms with Gasteiger partial charge in [-0.25, -0.2) is 0 Å². The van der Waals surface area contributed by atoms with Gasteiger partial charge >= 0.3 is 0 Å². The summed E-state index contributed by atoms with van der Waals surface area (Å²) in [6, 6.07) is 8.66. The van der Waals surface area contributed by atoms with Gasteiger partial charge in [0.25, 0.3) is 0 Å². The highest BCUT2D eigenvalue weighted by molar-refractivity contribution is 5.75. The van der Waals surface area contributed by atoms with Crippen LogP contribution in [-0.4, -0.2) is 18.9 Å². The molecule has 0 aliphatic heterocycles. The number of hydrogen-bond acceptors (Lipinski definition) is 2. The maximum Gasteiger partial charge on any atom is 0.150 e. The topological polar surface area (TPSA) is 29.1 Å². The van der Waals surface area contributed by atoms with Crippen LogP contribution in [0, 0.1) is 5.92 Å². The van der Waals surface area contributed by atoms with E-state index in [0.29, 0.717) is 12.0 Å². The van der Waals surface area contributed by atoms with Crippen molar-refractivity contribution in [3.8, 4) is 0 Å². The molecule has 1 aromatic rings. The maximum atomic E-state index is 10.7. The van der Waals surface area contributed by atoms with Gasteiger partial charge < -0.3 is 5.32 Å². The number of aldehydes is 1. The lowest BCUT2D eigenvalue weighted by atomic mass is 10.1. The molecule has 1 N–H and O–H groups in total. The molecule has 1 unspecified atom stereocenters. The lowest BCUT2D eigenvalue weighted by Crippen LogP contribution is -2.20. The number of benzene rings is 1. The molecular formula is C14H17NO. The monoisotopic (exact) mass is 215 g/mol. The van der Waals surface area contributed by atoms with E-state index in [9.17, 15) is 4.79 Å². The molecule has 84 valence electrons. The van der Waals surface area contributed by atoms with Crippen molar-refractivity contribution in [2.75, 3.05) is 6.54 Å². The Morgan fingerprint density at radius 3 is 3.00 bits per heavy atom. The smallest absolute Gasteiger partial charge is 0.150 e. The highest BCUT2D eigenvalue weighted by Gasteiger charge is 2.38. The van der Waals surface area contributed by atoms with E-state index in [4.69, 9.17) is 0 Å². The summed E-state index contributed by atoms with van der Waals surface area (Å²) < 4.78 is 0. The van der Waals surface area contributed by atoms with E-state index in [1.165, 1.54) is 31.4 Å². The Balaban J connectivity index is 1.58. The summed E-state index contributed by atoms with van der Waals surface area (Å²) in [7, 11) is 0. The third-order valence-electron chi connectivity index (χ3n) is 3.63. The van der Waals surface area contributed by atoms with Crippen molar-refractivity contribution in [3.63, 3.8) is 0 Å². The predicted molar refractivity (Wildman–Crippen MR) is 63.7 cm³/mol. The lowest BCUT2D eigenvalue weighted by molar-refractivity contribution is 0.112. The van der Waals surface area contributed by atoms with Gasteiger partial charge in [-0.3, -0.25) is 4.79 Å². The summed E-state index contributed by atoms with van der Waals surface area (Å²) in [5.41, 5.74) is 2.11. The van der Waals surface area contributed by atoms with Crippen LogP contribution in [-0.2, 0) is 0 Å². The van der Waals surface area contributed by atoms with Crippen molar-refractivity contribution in [3.05, 3.63) is 35.4 Å². The summed E-state index contributed by atoms with van der Waals surface area (Å²) in [5.74, 6) is 1.58. The molecule has 16 heavy (non-hydrogen) atoms. The first-order valence-electron chi connectivity index (χ1n) is 6.15. The van der Waals surface area contributed by atoms with Crippen molar-refractivity contribution in [2.45, 2.75) is 31.2 Å². The molecule has 1 aromatic carbocycles. The Kier molecular flexibility index (Phi) is 2.52. The number of nitrogens with one attached hydrogen (secondary N) is 1. The fraction of sp³-hybridized carbons (Fsp3) is 0.500. The predicted octanol–water partition coefficient (Wildman–Crippen LogP) is 2.35. The van der Waals surface area contributed by atoms with Gasteiger partial charge in [-0.2, -0.15) is 0 Å².